The molecule has 0 spiro atoms. The SMILES string of the molecule is Cn1nc(C(=O)O)c2c1-c1cc(Br)ccc1S(=O)(=O)C2. The normalized spacial score (nSPS) is 15.5. The van der Waals surface area contributed by atoms with Gasteiger partial charge in [-0.1, -0.05) is 15.9 Å². The van der Waals surface area contributed by atoms with E-state index in [9.17, 15) is 13.2 Å². The number of halogens is 1. The van der Waals surface area contributed by atoms with Crippen LogP contribution in [-0.4, -0.2) is 29.3 Å². The number of aromatic carboxylic acids is 1. The molecule has 0 amide bonds. The lowest BCUT2D eigenvalue weighted by molar-refractivity contribution is 0.0689. The Morgan fingerprint density at radius 3 is 2.80 bits per heavy atom. The van der Waals surface area contributed by atoms with Gasteiger partial charge in [-0.05, 0) is 18.2 Å². The molecule has 0 saturated carbocycles. The second-order valence-electron chi connectivity index (χ2n) is 4.50. The summed E-state index contributed by atoms with van der Waals surface area (Å²) >= 11 is 3.30. The topological polar surface area (TPSA) is 89.3 Å². The minimum atomic E-state index is -3.55. The van der Waals surface area contributed by atoms with E-state index in [1.54, 1.807) is 19.2 Å². The first-order valence-corrected chi connectivity index (χ1v) is 8.07. The van der Waals surface area contributed by atoms with Gasteiger partial charge in [0.1, 0.15) is 0 Å². The van der Waals surface area contributed by atoms with Gasteiger partial charge in [0.2, 0.25) is 0 Å². The van der Waals surface area contributed by atoms with Gasteiger partial charge in [-0.25, -0.2) is 13.2 Å². The number of hydrogen-bond acceptors (Lipinski definition) is 4. The summed E-state index contributed by atoms with van der Waals surface area (Å²) < 4.78 is 26.7. The van der Waals surface area contributed by atoms with Crippen molar-refractivity contribution in [1.82, 2.24) is 9.78 Å². The first kappa shape index (κ1) is 13.3. The number of fused-ring (bicyclic) bond motifs is 3. The molecule has 1 N–H and O–H groups in total. The Hall–Kier alpha value is -1.67. The van der Waals surface area contributed by atoms with Crippen LogP contribution in [0, 0.1) is 0 Å². The minimum absolute atomic E-state index is 0.202. The van der Waals surface area contributed by atoms with Gasteiger partial charge in [0.25, 0.3) is 0 Å². The van der Waals surface area contributed by atoms with Crippen molar-refractivity contribution >= 4 is 31.7 Å². The van der Waals surface area contributed by atoms with Gasteiger partial charge in [0.15, 0.2) is 15.5 Å². The molecule has 0 radical (unpaired) electrons. The number of carbonyl (C=O) groups is 1. The van der Waals surface area contributed by atoms with Crippen LogP contribution in [0.5, 0.6) is 0 Å². The second-order valence-corrected chi connectivity index (χ2v) is 7.38. The van der Waals surface area contributed by atoms with E-state index in [4.69, 9.17) is 5.11 Å². The van der Waals surface area contributed by atoms with Crippen LogP contribution in [0.15, 0.2) is 27.6 Å². The predicted octanol–water partition coefficient (Wildman–Crippen LogP) is 1.84. The quantitative estimate of drug-likeness (QED) is 0.841. The van der Waals surface area contributed by atoms with Crippen LogP contribution in [0.2, 0.25) is 0 Å². The summed E-state index contributed by atoms with van der Waals surface area (Å²) in [6, 6.07) is 4.83. The van der Waals surface area contributed by atoms with Gasteiger partial charge in [-0.15, -0.1) is 0 Å². The Morgan fingerprint density at radius 2 is 2.15 bits per heavy atom. The molecule has 1 aliphatic rings. The fraction of sp³-hybridized carbons (Fsp3) is 0.167. The van der Waals surface area contributed by atoms with Gasteiger partial charge in [0.05, 0.1) is 16.3 Å². The first-order valence-electron chi connectivity index (χ1n) is 5.63. The molecule has 0 atom stereocenters. The molecule has 0 saturated heterocycles. The molecule has 0 bridgehead atoms. The monoisotopic (exact) mass is 356 g/mol. The van der Waals surface area contributed by atoms with Crippen molar-refractivity contribution in [2.45, 2.75) is 10.6 Å². The highest BCUT2D eigenvalue weighted by atomic mass is 79.9. The average molecular weight is 357 g/mol. The van der Waals surface area contributed by atoms with Crippen LogP contribution in [0.4, 0.5) is 0 Å². The average Bonchev–Trinajstić information content (AvgIpc) is 2.65. The Bertz CT molecular complexity index is 855. The molecule has 1 aliphatic heterocycles. The summed E-state index contributed by atoms with van der Waals surface area (Å²) in [6.07, 6.45) is 0. The van der Waals surface area contributed by atoms with Crippen molar-refractivity contribution in [3.8, 4) is 11.3 Å². The maximum Gasteiger partial charge on any atom is 0.356 e. The summed E-state index contributed by atoms with van der Waals surface area (Å²) in [5, 5.41) is 13.1. The molecule has 104 valence electrons. The summed E-state index contributed by atoms with van der Waals surface area (Å²) in [6.45, 7) is 0. The Kier molecular flexibility index (Phi) is 2.77. The van der Waals surface area contributed by atoms with Crippen LogP contribution in [0.3, 0.4) is 0 Å². The molecule has 3 rings (SSSR count). The molecule has 6 nitrogen and oxygen atoms in total. The molecule has 0 aliphatic carbocycles. The number of hydrogen-bond donors (Lipinski definition) is 1. The highest BCUT2D eigenvalue weighted by molar-refractivity contribution is 9.10. The van der Waals surface area contributed by atoms with Crippen molar-refractivity contribution in [3.63, 3.8) is 0 Å². The molecule has 2 aromatic rings. The lowest BCUT2D eigenvalue weighted by Gasteiger charge is -2.18. The second kappa shape index (κ2) is 4.16. The molecule has 0 fully saturated rings. The molecular formula is C12H9BrN2O4S. The van der Waals surface area contributed by atoms with Gasteiger partial charge in [-0.2, -0.15) is 5.10 Å². The Morgan fingerprint density at radius 1 is 1.45 bits per heavy atom. The standard InChI is InChI=1S/C12H9BrN2O4S/c1-15-11-7-4-6(13)2-3-9(7)20(18,19)5-8(11)10(14-15)12(16)17/h2-4H,5H2,1H3,(H,16,17). The maximum absolute atomic E-state index is 12.3. The van der Waals surface area contributed by atoms with E-state index in [0.717, 1.165) is 4.47 Å². The number of carboxylic acids is 1. The lowest BCUT2D eigenvalue weighted by atomic mass is 10.1. The molecule has 2 heterocycles. The maximum atomic E-state index is 12.3. The zero-order valence-electron chi connectivity index (χ0n) is 10.3. The number of aromatic nitrogens is 2. The van der Waals surface area contributed by atoms with E-state index in [1.807, 2.05) is 0 Å². The number of sulfone groups is 1. The summed E-state index contributed by atoms with van der Waals surface area (Å²) in [5.41, 5.74) is 1.04. The number of benzene rings is 1. The fourth-order valence-electron chi connectivity index (χ4n) is 2.44. The predicted molar refractivity (Wildman–Crippen MR) is 74.2 cm³/mol. The highest BCUT2D eigenvalue weighted by Crippen LogP contribution is 2.40. The van der Waals surface area contributed by atoms with E-state index >= 15 is 0 Å². The van der Waals surface area contributed by atoms with Crippen LogP contribution in [0.25, 0.3) is 11.3 Å². The van der Waals surface area contributed by atoms with Crippen molar-refractivity contribution < 1.29 is 18.3 Å². The molecule has 1 aromatic heterocycles. The van der Waals surface area contributed by atoms with Crippen LogP contribution >= 0.6 is 15.9 Å². The zero-order valence-corrected chi connectivity index (χ0v) is 12.7. The van der Waals surface area contributed by atoms with Gasteiger partial charge in [0, 0.05) is 22.6 Å². The third-order valence-corrected chi connectivity index (χ3v) is 5.40. The largest absolute Gasteiger partial charge is 0.476 e. The number of carboxylic acid groups (broad SMARTS) is 1. The van der Waals surface area contributed by atoms with Gasteiger partial charge < -0.3 is 5.11 Å². The van der Waals surface area contributed by atoms with Crippen molar-refractivity contribution in [2.75, 3.05) is 0 Å². The first-order chi connectivity index (χ1) is 9.31. The van der Waals surface area contributed by atoms with Crippen LogP contribution in [-0.2, 0) is 22.6 Å². The van der Waals surface area contributed by atoms with E-state index in [0.29, 0.717) is 11.3 Å². The summed E-state index contributed by atoms with van der Waals surface area (Å²) in [7, 11) is -1.95. The number of rotatable bonds is 1. The lowest BCUT2D eigenvalue weighted by Crippen LogP contribution is -2.15. The third-order valence-electron chi connectivity index (χ3n) is 3.21. The van der Waals surface area contributed by atoms with E-state index in [1.165, 1.54) is 10.7 Å². The fourth-order valence-corrected chi connectivity index (χ4v) is 4.38. The zero-order chi connectivity index (χ0) is 14.7. The molecule has 20 heavy (non-hydrogen) atoms. The van der Waals surface area contributed by atoms with E-state index in [-0.39, 0.29) is 21.9 Å². The summed E-state index contributed by atoms with van der Waals surface area (Å²) in [5.74, 6) is -1.57. The van der Waals surface area contributed by atoms with Gasteiger partial charge >= 0.3 is 5.97 Å². The molecule has 8 heteroatoms. The smallest absolute Gasteiger partial charge is 0.356 e. The highest BCUT2D eigenvalue weighted by Gasteiger charge is 2.34. The van der Waals surface area contributed by atoms with Crippen LogP contribution < -0.4 is 0 Å². The van der Waals surface area contributed by atoms with Crippen molar-refractivity contribution in [1.29, 1.82) is 0 Å². The van der Waals surface area contributed by atoms with Gasteiger partial charge in [-0.3, -0.25) is 4.68 Å². The van der Waals surface area contributed by atoms with E-state index in [2.05, 4.69) is 21.0 Å². The summed E-state index contributed by atoms with van der Waals surface area (Å²) in [4.78, 5) is 11.4. The molecular weight excluding hydrogens is 348 g/mol. The third kappa shape index (κ3) is 1.79. The molecule has 0 unspecified atom stereocenters. The van der Waals surface area contributed by atoms with Crippen molar-refractivity contribution in [2.24, 2.45) is 7.05 Å². The van der Waals surface area contributed by atoms with Crippen molar-refractivity contribution in [3.05, 3.63) is 33.9 Å². The minimum Gasteiger partial charge on any atom is -0.476 e. The Labute approximate surface area is 123 Å². The molecule has 1 aromatic carbocycles. The number of nitrogens with zero attached hydrogens (tertiary/aromatic N) is 2. The van der Waals surface area contributed by atoms with Crippen LogP contribution in [0.1, 0.15) is 16.1 Å². The van der Waals surface area contributed by atoms with E-state index < -0.39 is 15.8 Å². The Balaban J connectivity index is 2.44. The number of aryl methyl sites for hydroxylation is 1.